The van der Waals surface area contributed by atoms with Crippen LogP contribution in [-0.4, -0.2) is 20.7 Å². The van der Waals surface area contributed by atoms with Crippen molar-refractivity contribution < 1.29 is 9.90 Å². The fourth-order valence-electron chi connectivity index (χ4n) is 1.30. The van der Waals surface area contributed by atoms with E-state index in [4.69, 9.17) is 5.11 Å². The number of rotatable bonds is 1. The number of halogens is 2. The highest BCUT2D eigenvalue weighted by atomic mass is 79.9. The zero-order valence-electron chi connectivity index (χ0n) is 5.96. The standard InChI is InChI=1S/C7H10Br2O2/c8-5-2-1-4(7(10)11)3-6(5)9/h4-6H,1-3H2,(H,10,11)/t4-,5+,6-/m1/s1. The number of carboxylic acid groups (broad SMARTS) is 1. The van der Waals surface area contributed by atoms with Crippen LogP contribution in [0.5, 0.6) is 0 Å². The van der Waals surface area contributed by atoms with E-state index in [1.54, 1.807) is 0 Å². The number of alkyl halides is 2. The van der Waals surface area contributed by atoms with Crippen LogP contribution >= 0.6 is 31.9 Å². The van der Waals surface area contributed by atoms with E-state index in [0.717, 1.165) is 19.3 Å². The summed E-state index contributed by atoms with van der Waals surface area (Å²) in [4.78, 5) is 11.3. The van der Waals surface area contributed by atoms with Crippen LogP contribution in [0.2, 0.25) is 0 Å². The van der Waals surface area contributed by atoms with Gasteiger partial charge in [-0.05, 0) is 19.3 Å². The maximum Gasteiger partial charge on any atom is 0.306 e. The van der Waals surface area contributed by atoms with Gasteiger partial charge in [-0.1, -0.05) is 31.9 Å². The summed E-state index contributed by atoms with van der Waals surface area (Å²) in [5, 5.41) is 8.71. The second-order valence-electron chi connectivity index (χ2n) is 2.88. The van der Waals surface area contributed by atoms with Gasteiger partial charge in [0.25, 0.3) is 0 Å². The molecule has 4 heteroatoms. The molecule has 0 aromatic carbocycles. The van der Waals surface area contributed by atoms with E-state index in [-0.39, 0.29) is 5.92 Å². The lowest BCUT2D eigenvalue weighted by molar-refractivity contribution is -0.142. The first-order valence-electron chi connectivity index (χ1n) is 3.62. The van der Waals surface area contributed by atoms with Crippen LogP contribution in [0.25, 0.3) is 0 Å². The fourth-order valence-corrected chi connectivity index (χ4v) is 2.50. The van der Waals surface area contributed by atoms with Gasteiger partial charge >= 0.3 is 5.97 Å². The molecule has 64 valence electrons. The quantitative estimate of drug-likeness (QED) is 0.751. The molecule has 0 heterocycles. The Bertz CT molecular complexity index is 161. The van der Waals surface area contributed by atoms with Gasteiger partial charge in [0.1, 0.15) is 0 Å². The van der Waals surface area contributed by atoms with Crippen molar-refractivity contribution >= 4 is 37.8 Å². The smallest absolute Gasteiger partial charge is 0.306 e. The minimum Gasteiger partial charge on any atom is -0.481 e. The van der Waals surface area contributed by atoms with Crippen LogP contribution in [0.1, 0.15) is 19.3 Å². The first-order chi connectivity index (χ1) is 5.11. The molecule has 2 nitrogen and oxygen atoms in total. The van der Waals surface area contributed by atoms with E-state index < -0.39 is 5.97 Å². The predicted molar refractivity (Wildman–Crippen MR) is 50.4 cm³/mol. The summed E-state index contributed by atoms with van der Waals surface area (Å²) in [7, 11) is 0. The normalized spacial score (nSPS) is 38.5. The maximum absolute atomic E-state index is 10.6. The van der Waals surface area contributed by atoms with E-state index in [0.29, 0.717) is 9.65 Å². The molecule has 1 saturated carbocycles. The molecular weight excluding hydrogens is 276 g/mol. The van der Waals surface area contributed by atoms with Gasteiger partial charge < -0.3 is 5.11 Å². The van der Waals surface area contributed by atoms with E-state index in [1.807, 2.05) is 0 Å². The average Bonchev–Trinajstić information content (AvgIpc) is 1.94. The Morgan fingerprint density at radius 2 is 1.91 bits per heavy atom. The van der Waals surface area contributed by atoms with Crippen molar-refractivity contribution in [1.82, 2.24) is 0 Å². The van der Waals surface area contributed by atoms with Gasteiger partial charge in [0.05, 0.1) is 5.92 Å². The number of hydrogen-bond acceptors (Lipinski definition) is 1. The number of carboxylic acids is 1. The van der Waals surface area contributed by atoms with E-state index in [1.165, 1.54) is 0 Å². The van der Waals surface area contributed by atoms with Crippen LogP contribution in [0.3, 0.4) is 0 Å². The summed E-state index contributed by atoms with van der Waals surface area (Å²) in [5.74, 6) is -0.804. The van der Waals surface area contributed by atoms with Gasteiger partial charge in [0.15, 0.2) is 0 Å². The summed E-state index contributed by atoms with van der Waals surface area (Å²) in [6, 6.07) is 0. The van der Waals surface area contributed by atoms with Crippen molar-refractivity contribution in [3.05, 3.63) is 0 Å². The lowest BCUT2D eigenvalue weighted by atomic mass is 9.89. The molecule has 0 aliphatic heterocycles. The van der Waals surface area contributed by atoms with E-state index in [2.05, 4.69) is 31.9 Å². The fraction of sp³-hybridized carbons (Fsp3) is 0.857. The molecule has 0 radical (unpaired) electrons. The predicted octanol–water partition coefficient (Wildman–Crippen LogP) is 2.40. The van der Waals surface area contributed by atoms with Gasteiger partial charge in [-0.25, -0.2) is 0 Å². The highest BCUT2D eigenvalue weighted by molar-refractivity contribution is 9.12. The highest BCUT2D eigenvalue weighted by Crippen LogP contribution is 2.33. The molecule has 1 aliphatic rings. The molecule has 0 bridgehead atoms. The SMILES string of the molecule is O=C(O)[C@@H]1CC[C@H](Br)[C@H](Br)C1. The van der Waals surface area contributed by atoms with Crippen LogP contribution in [0, 0.1) is 5.92 Å². The van der Waals surface area contributed by atoms with Gasteiger partial charge in [-0.15, -0.1) is 0 Å². The average molecular weight is 286 g/mol. The van der Waals surface area contributed by atoms with Gasteiger partial charge in [0, 0.05) is 9.65 Å². The first-order valence-corrected chi connectivity index (χ1v) is 5.45. The minimum atomic E-state index is -0.658. The van der Waals surface area contributed by atoms with E-state index in [9.17, 15) is 4.79 Å². The largest absolute Gasteiger partial charge is 0.481 e. The van der Waals surface area contributed by atoms with Crippen LogP contribution in [-0.2, 0) is 4.79 Å². The van der Waals surface area contributed by atoms with Crippen molar-refractivity contribution in [2.45, 2.75) is 28.9 Å². The summed E-state index contributed by atoms with van der Waals surface area (Å²) in [6.07, 6.45) is 2.49. The summed E-state index contributed by atoms with van der Waals surface area (Å²) in [6.45, 7) is 0. The van der Waals surface area contributed by atoms with Crippen LogP contribution in [0.15, 0.2) is 0 Å². The molecule has 1 rings (SSSR count). The lowest BCUT2D eigenvalue weighted by Crippen LogP contribution is -2.29. The second kappa shape index (κ2) is 3.90. The van der Waals surface area contributed by atoms with Crippen molar-refractivity contribution in [3.63, 3.8) is 0 Å². The van der Waals surface area contributed by atoms with E-state index >= 15 is 0 Å². The molecule has 0 spiro atoms. The van der Waals surface area contributed by atoms with Gasteiger partial charge in [0.2, 0.25) is 0 Å². The molecule has 3 atom stereocenters. The molecule has 0 unspecified atom stereocenters. The van der Waals surface area contributed by atoms with Crippen molar-refractivity contribution in [1.29, 1.82) is 0 Å². The van der Waals surface area contributed by atoms with Crippen LogP contribution < -0.4 is 0 Å². The third kappa shape index (κ3) is 2.44. The summed E-state index contributed by atoms with van der Waals surface area (Å²) in [5.41, 5.74) is 0. The molecule has 1 N–H and O–H groups in total. The molecule has 0 amide bonds. The summed E-state index contributed by atoms with van der Waals surface area (Å²) >= 11 is 6.94. The van der Waals surface area contributed by atoms with Crippen molar-refractivity contribution in [2.75, 3.05) is 0 Å². The van der Waals surface area contributed by atoms with Gasteiger partial charge in [-0.2, -0.15) is 0 Å². The third-order valence-corrected chi connectivity index (χ3v) is 4.86. The Kier molecular flexibility index (Phi) is 3.37. The minimum absolute atomic E-state index is 0.145. The Labute approximate surface area is 82.6 Å². The van der Waals surface area contributed by atoms with Crippen molar-refractivity contribution in [2.24, 2.45) is 5.92 Å². The second-order valence-corrected chi connectivity index (χ2v) is 5.23. The Morgan fingerprint density at radius 1 is 1.27 bits per heavy atom. The maximum atomic E-state index is 10.6. The molecule has 1 fully saturated rings. The molecule has 1 aliphatic carbocycles. The molecule has 0 saturated heterocycles. The molecule has 0 aromatic heterocycles. The number of hydrogen-bond donors (Lipinski definition) is 1. The Hall–Kier alpha value is 0.430. The zero-order valence-corrected chi connectivity index (χ0v) is 9.14. The Balaban J connectivity index is 2.46. The lowest BCUT2D eigenvalue weighted by Gasteiger charge is -2.26. The topological polar surface area (TPSA) is 37.3 Å². The molecular formula is C7H10Br2O2. The highest BCUT2D eigenvalue weighted by Gasteiger charge is 2.30. The number of carbonyl (C=O) groups is 1. The third-order valence-electron chi connectivity index (χ3n) is 2.04. The summed E-state index contributed by atoms with van der Waals surface area (Å²) < 4.78 is 0. The molecule has 11 heavy (non-hydrogen) atoms. The zero-order chi connectivity index (χ0) is 8.43. The number of aliphatic carboxylic acids is 1. The van der Waals surface area contributed by atoms with Crippen molar-refractivity contribution in [3.8, 4) is 0 Å². The van der Waals surface area contributed by atoms with Crippen LogP contribution in [0.4, 0.5) is 0 Å². The van der Waals surface area contributed by atoms with Gasteiger partial charge in [-0.3, -0.25) is 4.79 Å². The molecule has 0 aromatic rings. The first kappa shape index (κ1) is 9.52. The Morgan fingerprint density at radius 3 is 2.36 bits per heavy atom. The monoisotopic (exact) mass is 284 g/mol.